The van der Waals surface area contributed by atoms with Crippen molar-refractivity contribution in [3.05, 3.63) is 47.5 Å². The summed E-state index contributed by atoms with van der Waals surface area (Å²) >= 11 is 0. The van der Waals surface area contributed by atoms with E-state index < -0.39 is 0 Å². The number of nitrogens with zero attached hydrogens (tertiary/aromatic N) is 5. The lowest BCUT2D eigenvalue weighted by Crippen LogP contribution is -2.47. The number of rotatable bonds is 6. The lowest BCUT2D eigenvalue weighted by atomic mass is 10.1. The maximum absolute atomic E-state index is 5.78. The molecule has 154 valence electrons. The number of halogens is 1. The minimum absolute atomic E-state index is 0. The molecular formula is C20H31IN6O. The first-order chi connectivity index (χ1) is 13.2. The van der Waals surface area contributed by atoms with Gasteiger partial charge in [0.05, 0.1) is 19.2 Å². The molecule has 0 amide bonds. The molecule has 1 fully saturated rings. The summed E-state index contributed by atoms with van der Waals surface area (Å²) in [7, 11) is 1.99. The highest BCUT2D eigenvalue weighted by Crippen LogP contribution is 2.14. The third kappa shape index (κ3) is 6.16. The van der Waals surface area contributed by atoms with Gasteiger partial charge in [0.1, 0.15) is 5.82 Å². The second-order valence-corrected chi connectivity index (χ2v) is 6.84. The van der Waals surface area contributed by atoms with Gasteiger partial charge in [-0.05, 0) is 32.3 Å². The summed E-state index contributed by atoms with van der Waals surface area (Å²) in [6.07, 6.45) is 2.43. The van der Waals surface area contributed by atoms with Crippen molar-refractivity contribution in [2.24, 2.45) is 12.0 Å². The van der Waals surface area contributed by atoms with Crippen molar-refractivity contribution in [2.45, 2.75) is 45.9 Å². The van der Waals surface area contributed by atoms with Crippen LogP contribution in [0.1, 0.15) is 37.0 Å². The number of ether oxygens (including phenoxy) is 1. The minimum atomic E-state index is 0. The monoisotopic (exact) mass is 498 g/mol. The Labute approximate surface area is 184 Å². The summed E-state index contributed by atoms with van der Waals surface area (Å²) in [5.74, 6) is 2.74. The molecule has 8 heteroatoms. The Morgan fingerprint density at radius 3 is 2.54 bits per heavy atom. The van der Waals surface area contributed by atoms with Gasteiger partial charge >= 0.3 is 0 Å². The van der Waals surface area contributed by atoms with E-state index in [-0.39, 0.29) is 24.0 Å². The molecule has 1 N–H and O–H groups in total. The van der Waals surface area contributed by atoms with Gasteiger partial charge in [-0.15, -0.1) is 34.2 Å². The Kier molecular flexibility index (Phi) is 9.17. The van der Waals surface area contributed by atoms with Crippen LogP contribution in [0.5, 0.6) is 0 Å². The summed E-state index contributed by atoms with van der Waals surface area (Å²) in [5.41, 5.74) is 1.20. The molecular weight excluding hydrogens is 467 g/mol. The van der Waals surface area contributed by atoms with Gasteiger partial charge in [-0.1, -0.05) is 30.3 Å². The predicted molar refractivity (Wildman–Crippen MR) is 122 cm³/mol. The first kappa shape index (κ1) is 22.6. The average Bonchev–Trinajstić information content (AvgIpc) is 3.02. The fourth-order valence-corrected chi connectivity index (χ4v) is 3.25. The average molecular weight is 498 g/mol. The largest absolute Gasteiger partial charge is 0.378 e. The second kappa shape index (κ2) is 11.4. The number of likely N-dealkylation sites (tertiary alicyclic amines) is 1. The van der Waals surface area contributed by atoms with E-state index in [4.69, 9.17) is 9.73 Å². The highest BCUT2D eigenvalue weighted by molar-refractivity contribution is 14.0. The van der Waals surface area contributed by atoms with E-state index in [9.17, 15) is 0 Å². The Morgan fingerprint density at radius 1 is 1.21 bits per heavy atom. The van der Waals surface area contributed by atoms with E-state index in [1.807, 2.05) is 36.7 Å². The molecule has 0 spiro atoms. The highest BCUT2D eigenvalue weighted by Gasteiger charge is 2.22. The van der Waals surface area contributed by atoms with Crippen molar-refractivity contribution in [1.29, 1.82) is 0 Å². The van der Waals surface area contributed by atoms with Crippen LogP contribution in [-0.4, -0.2) is 51.4 Å². The molecule has 0 saturated carbocycles. The Hall–Kier alpha value is -1.68. The van der Waals surface area contributed by atoms with Crippen molar-refractivity contribution in [3.8, 4) is 0 Å². The van der Waals surface area contributed by atoms with Crippen LogP contribution in [0, 0.1) is 6.92 Å². The molecule has 0 aliphatic carbocycles. The van der Waals surface area contributed by atoms with Crippen LogP contribution in [0.25, 0.3) is 0 Å². The topological polar surface area (TPSA) is 67.6 Å². The highest BCUT2D eigenvalue weighted by atomic mass is 127. The summed E-state index contributed by atoms with van der Waals surface area (Å²) in [5, 5.41) is 11.9. The van der Waals surface area contributed by atoms with Crippen LogP contribution in [0.3, 0.4) is 0 Å². The molecule has 7 nitrogen and oxygen atoms in total. The van der Waals surface area contributed by atoms with Gasteiger partial charge in [0.2, 0.25) is 0 Å². The van der Waals surface area contributed by atoms with Gasteiger partial charge < -0.3 is 19.5 Å². The summed E-state index contributed by atoms with van der Waals surface area (Å²) < 4.78 is 7.78. The molecule has 1 aromatic carbocycles. The van der Waals surface area contributed by atoms with Crippen molar-refractivity contribution in [2.75, 3.05) is 19.7 Å². The Bertz CT molecular complexity index is 740. The number of aryl methyl sites for hydroxylation is 1. The molecule has 1 aliphatic heterocycles. The summed E-state index contributed by atoms with van der Waals surface area (Å²) in [6, 6.07) is 10.3. The lowest BCUT2D eigenvalue weighted by Gasteiger charge is -2.34. The fourth-order valence-electron chi connectivity index (χ4n) is 3.25. The molecule has 2 heterocycles. The SMILES string of the molecule is CCOC1CCN(C(=NCc2ccccc2)NCc2nnc(C)n2C)CC1.I. The van der Waals surface area contributed by atoms with Crippen molar-refractivity contribution >= 4 is 29.9 Å². The molecule has 2 aromatic rings. The van der Waals surface area contributed by atoms with Crippen LogP contribution >= 0.6 is 24.0 Å². The van der Waals surface area contributed by atoms with E-state index in [2.05, 4.69) is 39.5 Å². The normalized spacial score (nSPS) is 15.4. The lowest BCUT2D eigenvalue weighted by molar-refractivity contribution is 0.0263. The number of hydrogen-bond acceptors (Lipinski definition) is 4. The van der Waals surface area contributed by atoms with E-state index in [0.717, 1.165) is 50.1 Å². The Morgan fingerprint density at radius 2 is 1.93 bits per heavy atom. The van der Waals surface area contributed by atoms with Gasteiger partial charge in [-0.25, -0.2) is 4.99 Å². The fraction of sp³-hybridized carbons (Fsp3) is 0.550. The van der Waals surface area contributed by atoms with Gasteiger partial charge in [-0.2, -0.15) is 0 Å². The van der Waals surface area contributed by atoms with Crippen LogP contribution in [0.15, 0.2) is 35.3 Å². The second-order valence-electron chi connectivity index (χ2n) is 6.84. The van der Waals surface area contributed by atoms with Gasteiger partial charge in [0.25, 0.3) is 0 Å². The van der Waals surface area contributed by atoms with Crippen LogP contribution in [0.2, 0.25) is 0 Å². The molecule has 0 atom stereocenters. The standard InChI is InChI=1S/C20H30N6O.HI/c1-4-27-18-10-12-26(13-11-18)20(21-14-17-8-6-5-7-9-17)22-15-19-24-23-16(2)25(19)3;/h5-9,18H,4,10-15H2,1-3H3,(H,21,22);1H. The van der Waals surface area contributed by atoms with E-state index in [0.29, 0.717) is 19.2 Å². The van der Waals surface area contributed by atoms with Crippen molar-refractivity contribution < 1.29 is 4.74 Å². The van der Waals surface area contributed by atoms with Crippen LogP contribution in [0.4, 0.5) is 0 Å². The molecule has 0 bridgehead atoms. The molecule has 3 rings (SSSR count). The molecule has 1 aromatic heterocycles. The molecule has 28 heavy (non-hydrogen) atoms. The van der Waals surface area contributed by atoms with Crippen LogP contribution < -0.4 is 5.32 Å². The Balaban J connectivity index is 0.00000280. The smallest absolute Gasteiger partial charge is 0.194 e. The van der Waals surface area contributed by atoms with E-state index in [1.165, 1.54) is 5.56 Å². The summed E-state index contributed by atoms with van der Waals surface area (Å²) in [6.45, 7) is 7.96. The predicted octanol–water partition coefficient (Wildman–Crippen LogP) is 2.89. The molecule has 0 unspecified atom stereocenters. The summed E-state index contributed by atoms with van der Waals surface area (Å²) in [4.78, 5) is 7.19. The van der Waals surface area contributed by atoms with Gasteiger partial charge in [0, 0.05) is 26.7 Å². The first-order valence-electron chi connectivity index (χ1n) is 9.71. The minimum Gasteiger partial charge on any atom is -0.378 e. The van der Waals surface area contributed by atoms with Crippen molar-refractivity contribution in [3.63, 3.8) is 0 Å². The van der Waals surface area contributed by atoms with Crippen molar-refractivity contribution in [1.82, 2.24) is 25.0 Å². The molecule has 1 aliphatic rings. The quantitative estimate of drug-likeness (QED) is 0.377. The molecule has 0 radical (unpaired) electrons. The van der Waals surface area contributed by atoms with Gasteiger partial charge in [-0.3, -0.25) is 0 Å². The number of benzene rings is 1. The number of piperidine rings is 1. The zero-order chi connectivity index (χ0) is 19.1. The maximum atomic E-state index is 5.78. The number of aliphatic imine (C=N–C) groups is 1. The molecule has 1 saturated heterocycles. The number of hydrogen-bond donors (Lipinski definition) is 1. The number of guanidine groups is 1. The zero-order valence-corrected chi connectivity index (χ0v) is 19.3. The van der Waals surface area contributed by atoms with E-state index in [1.54, 1.807) is 0 Å². The maximum Gasteiger partial charge on any atom is 0.194 e. The number of nitrogens with one attached hydrogen (secondary N) is 1. The zero-order valence-electron chi connectivity index (χ0n) is 17.0. The van der Waals surface area contributed by atoms with Gasteiger partial charge in [0.15, 0.2) is 11.8 Å². The third-order valence-electron chi connectivity index (χ3n) is 4.99. The number of aromatic nitrogens is 3. The first-order valence-corrected chi connectivity index (χ1v) is 9.71. The van der Waals surface area contributed by atoms with Crippen LogP contribution in [-0.2, 0) is 24.9 Å². The van der Waals surface area contributed by atoms with E-state index >= 15 is 0 Å². The third-order valence-corrected chi connectivity index (χ3v) is 4.99.